The highest BCUT2D eigenvalue weighted by atomic mass is 35.5. The van der Waals surface area contributed by atoms with Gasteiger partial charge >= 0.3 is 0 Å². The Morgan fingerprint density at radius 3 is 2.58 bits per heavy atom. The molecule has 4 heteroatoms. The highest BCUT2D eigenvalue weighted by Gasteiger charge is 2.05. The molecule has 0 amide bonds. The molecule has 0 aliphatic carbocycles. The van der Waals surface area contributed by atoms with Crippen LogP contribution in [0.1, 0.15) is 26.5 Å². The molecule has 3 nitrogen and oxygen atoms in total. The number of halogens is 1. The molecule has 1 aromatic rings. The van der Waals surface area contributed by atoms with Crippen molar-refractivity contribution < 1.29 is 9.59 Å². The van der Waals surface area contributed by atoms with E-state index in [1.807, 2.05) is 0 Å². The van der Waals surface area contributed by atoms with Crippen LogP contribution in [0.15, 0.2) is 6.07 Å². The molecule has 0 aliphatic rings. The summed E-state index contributed by atoms with van der Waals surface area (Å²) in [4.78, 5) is 24.4. The van der Waals surface area contributed by atoms with E-state index in [4.69, 9.17) is 11.6 Å². The Kier molecular flexibility index (Phi) is 2.55. The number of aromatic nitrogens is 1. The summed E-state index contributed by atoms with van der Waals surface area (Å²) in [6, 6.07) is 1.53. The van der Waals surface area contributed by atoms with Crippen molar-refractivity contribution >= 4 is 24.2 Å². The number of carbonyl (C=O) groups is 2. The van der Waals surface area contributed by atoms with Gasteiger partial charge in [-0.3, -0.25) is 9.59 Å². The third kappa shape index (κ3) is 1.51. The van der Waals surface area contributed by atoms with Crippen molar-refractivity contribution in [3.05, 3.63) is 28.0 Å². The molecular formula is C8H6ClNO2. The summed E-state index contributed by atoms with van der Waals surface area (Å²) in [5.41, 5.74) is 1.01. The summed E-state index contributed by atoms with van der Waals surface area (Å²) >= 11 is 5.71. The fraction of sp³-hybridized carbons (Fsp3) is 0.125. The van der Waals surface area contributed by atoms with E-state index in [-0.39, 0.29) is 11.4 Å². The zero-order chi connectivity index (χ0) is 9.14. The van der Waals surface area contributed by atoms with Gasteiger partial charge in [-0.15, -0.1) is 0 Å². The van der Waals surface area contributed by atoms with Crippen LogP contribution in [-0.4, -0.2) is 17.6 Å². The maximum atomic E-state index is 10.4. The molecule has 0 atom stereocenters. The van der Waals surface area contributed by atoms with Gasteiger partial charge in [-0.25, -0.2) is 4.98 Å². The molecule has 0 bridgehead atoms. The number of carbonyl (C=O) groups excluding carboxylic acids is 2. The van der Waals surface area contributed by atoms with E-state index in [0.717, 1.165) is 0 Å². The lowest BCUT2D eigenvalue weighted by Crippen LogP contribution is -1.96. The fourth-order valence-corrected chi connectivity index (χ4v) is 0.987. The second kappa shape index (κ2) is 3.45. The van der Waals surface area contributed by atoms with Gasteiger partial charge in [0.25, 0.3) is 0 Å². The maximum Gasteiger partial charge on any atom is 0.169 e. The monoisotopic (exact) mass is 183 g/mol. The average molecular weight is 184 g/mol. The zero-order valence-corrected chi connectivity index (χ0v) is 7.13. The second-order valence-corrected chi connectivity index (χ2v) is 2.68. The first kappa shape index (κ1) is 8.87. The topological polar surface area (TPSA) is 47.0 Å². The Bertz CT molecular complexity index is 336. The molecule has 1 rings (SSSR count). The number of aryl methyl sites for hydroxylation is 1. The standard InChI is InChI=1S/C8H6ClNO2/c1-5-2-6(3-11)10-7(4-12)8(5)9/h2-4H,1H3. The largest absolute Gasteiger partial charge is 0.296 e. The van der Waals surface area contributed by atoms with Gasteiger partial charge in [0.15, 0.2) is 12.6 Å². The third-order valence-corrected chi connectivity index (χ3v) is 1.91. The number of hydrogen-bond donors (Lipinski definition) is 0. The normalized spacial score (nSPS) is 9.50. The van der Waals surface area contributed by atoms with E-state index < -0.39 is 0 Å². The molecule has 0 N–H and O–H groups in total. The molecule has 0 unspecified atom stereocenters. The van der Waals surface area contributed by atoms with Crippen LogP contribution in [0.5, 0.6) is 0 Å². The zero-order valence-electron chi connectivity index (χ0n) is 6.37. The van der Waals surface area contributed by atoms with Crippen LogP contribution in [0.25, 0.3) is 0 Å². The summed E-state index contributed by atoms with van der Waals surface area (Å²) < 4.78 is 0. The Morgan fingerprint density at radius 2 is 2.08 bits per heavy atom. The van der Waals surface area contributed by atoms with Crippen LogP contribution >= 0.6 is 11.6 Å². The van der Waals surface area contributed by atoms with E-state index in [2.05, 4.69) is 4.98 Å². The van der Waals surface area contributed by atoms with E-state index in [1.165, 1.54) is 6.07 Å². The molecule has 1 aromatic heterocycles. The van der Waals surface area contributed by atoms with Crippen molar-refractivity contribution in [1.82, 2.24) is 4.98 Å². The van der Waals surface area contributed by atoms with Gasteiger partial charge < -0.3 is 0 Å². The van der Waals surface area contributed by atoms with Crippen molar-refractivity contribution in [3.63, 3.8) is 0 Å². The van der Waals surface area contributed by atoms with E-state index in [1.54, 1.807) is 6.92 Å². The minimum absolute atomic E-state index is 0.110. The predicted molar refractivity (Wildman–Crippen MR) is 44.8 cm³/mol. The second-order valence-electron chi connectivity index (χ2n) is 2.30. The number of aldehydes is 2. The molecular weight excluding hydrogens is 178 g/mol. The molecule has 0 radical (unpaired) electrons. The Labute approximate surface area is 74.4 Å². The Hall–Kier alpha value is -1.22. The van der Waals surface area contributed by atoms with Crippen LogP contribution in [0.3, 0.4) is 0 Å². The molecule has 1 heterocycles. The highest BCUT2D eigenvalue weighted by Crippen LogP contribution is 2.17. The molecule has 0 saturated heterocycles. The number of pyridine rings is 1. The molecule has 0 spiro atoms. The van der Waals surface area contributed by atoms with Gasteiger partial charge in [-0.1, -0.05) is 11.6 Å². The van der Waals surface area contributed by atoms with Gasteiger partial charge in [-0.05, 0) is 18.6 Å². The van der Waals surface area contributed by atoms with Crippen molar-refractivity contribution in [3.8, 4) is 0 Å². The first-order chi connectivity index (χ1) is 5.69. The summed E-state index contributed by atoms with van der Waals surface area (Å²) in [5.74, 6) is 0. The van der Waals surface area contributed by atoms with E-state index in [9.17, 15) is 9.59 Å². The third-order valence-electron chi connectivity index (χ3n) is 1.42. The molecule has 0 aliphatic heterocycles. The van der Waals surface area contributed by atoms with Crippen LogP contribution in [0, 0.1) is 6.92 Å². The predicted octanol–water partition coefficient (Wildman–Crippen LogP) is 1.67. The average Bonchev–Trinajstić information content (AvgIpc) is 2.09. The number of rotatable bonds is 2. The molecule has 62 valence electrons. The van der Waals surface area contributed by atoms with E-state index >= 15 is 0 Å². The quantitative estimate of drug-likeness (QED) is 0.656. The van der Waals surface area contributed by atoms with Crippen LogP contribution in [0.4, 0.5) is 0 Å². The van der Waals surface area contributed by atoms with Crippen LogP contribution < -0.4 is 0 Å². The first-order valence-corrected chi connectivity index (χ1v) is 3.64. The lowest BCUT2D eigenvalue weighted by Gasteiger charge is -2.00. The van der Waals surface area contributed by atoms with Crippen LogP contribution in [0.2, 0.25) is 5.02 Å². The molecule has 0 saturated carbocycles. The summed E-state index contributed by atoms with van der Waals surface area (Å²) in [5, 5.41) is 0.301. The maximum absolute atomic E-state index is 10.4. The lowest BCUT2D eigenvalue weighted by molar-refractivity contribution is 0.111. The van der Waals surface area contributed by atoms with Gasteiger partial charge in [0, 0.05) is 0 Å². The summed E-state index contributed by atoms with van der Waals surface area (Å²) in [6.07, 6.45) is 1.11. The molecule has 12 heavy (non-hydrogen) atoms. The smallest absolute Gasteiger partial charge is 0.169 e. The highest BCUT2D eigenvalue weighted by molar-refractivity contribution is 6.33. The molecule has 0 aromatic carbocycles. The van der Waals surface area contributed by atoms with Gasteiger partial charge in [-0.2, -0.15) is 0 Å². The van der Waals surface area contributed by atoms with Gasteiger partial charge in [0.05, 0.1) is 5.02 Å². The first-order valence-electron chi connectivity index (χ1n) is 3.26. The van der Waals surface area contributed by atoms with Gasteiger partial charge in [0.1, 0.15) is 11.4 Å². The van der Waals surface area contributed by atoms with Crippen LogP contribution in [-0.2, 0) is 0 Å². The Morgan fingerprint density at radius 1 is 1.42 bits per heavy atom. The number of nitrogens with zero attached hydrogens (tertiary/aromatic N) is 1. The lowest BCUT2D eigenvalue weighted by atomic mass is 10.2. The Balaban J connectivity index is 3.37. The summed E-state index contributed by atoms with van der Waals surface area (Å²) in [6.45, 7) is 1.71. The van der Waals surface area contributed by atoms with Gasteiger partial charge in [0.2, 0.25) is 0 Å². The minimum Gasteiger partial charge on any atom is -0.296 e. The van der Waals surface area contributed by atoms with Crippen molar-refractivity contribution in [2.45, 2.75) is 6.92 Å². The fourth-order valence-electron chi connectivity index (χ4n) is 0.846. The molecule has 0 fully saturated rings. The van der Waals surface area contributed by atoms with Crippen molar-refractivity contribution in [2.75, 3.05) is 0 Å². The number of hydrogen-bond acceptors (Lipinski definition) is 3. The van der Waals surface area contributed by atoms with Crippen molar-refractivity contribution in [2.24, 2.45) is 0 Å². The minimum atomic E-state index is 0.110. The SMILES string of the molecule is Cc1cc(C=O)nc(C=O)c1Cl. The van der Waals surface area contributed by atoms with Crippen molar-refractivity contribution in [1.29, 1.82) is 0 Å². The van der Waals surface area contributed by atoms with E-state index in [0.29, 0.717) is 23.2 Å². The summed E-state index contributed by atoms with van der Waals surface area (Å²) in [7, 11) is 0.